The molecule has 2 rings (SSSR count). The molecule has 0 radical (unpaired) electrons. The van der Waals surface area contributed by atoms with E-state index in [4.69, 9.17) is 4.74 Å². The number of hydrogen-bond donors (Lipinski definition) is 0. The molecule has 0 aliphatic rings. The highest BCUT2D eigenvalue weighted by Crippen LogP contribution is 2.25. The van der Waals surface area contributed by atoms with Crippen molar-refractivity contribution in [2.75, 3.05) is 6.61 Å². The third kappa shape index (κ3) is 4.75. The van der Waals surface area contributed by atoms with Crippen molar-refractivity contribution in [3.05, 3.63) is 54.9 Å². The summed E-state index contributed by atoms with van der Waals surface area (Å²) in [5, 5.41) is 4.08. The first-order valence-corrected chi connectivity index (χ1v) is 7.80. The fourth-order valence-corrected chi connectivity index (χ4v) is 2.21. The number of carbonyl (C=O) groups excluding carboxylic acids is 1. The van der Waals surface area contributed by atoms with Crippen LogP contribution in [0.1, 0.15) is 33.2 Å². The highest BCUT2D eigenvalue weighted by molar-refractivity contribution is 5.87. The molecule has 0 amide bonds. The summed E-state index contributed by atoms with van der Waals surface area (Å²) in [6, 6.07) is 5.83. The summed E-state index contributed by atoms with van der Waals surface area (Å²) in [6.45, 7) is 5.87. The third-order valence-corrected chi connectivity index (χ3v) is 3.50. The first-order chi connectivity index (χ1) is 11.4. The van der Waals surface area contributed by atoms with Gasteiger partial charge in [0, 0.05) is 5.41 Å². The van der Waals surface area contributed by atoms with Crippen LogP contribution in [0.4, 0.5) is 4.39 Å². The molecule has 0 saturated heterocycles. The summed E-state index contributed by atoms with van der Waals surface area (Å²) in [6.07, 6.45) is 7.04. The Morgan fingerprint density at radius 3 is 2.71 bits per heavy atom. The van der Waals surface area contributed by atoms with Crippen LogP contribution in [0.15, 0.2) is 49.1 Å². The molecule has 0 spiro atoms. The molecule has 0 fully saturated rings. The zero-order valence-electron chi connectivity index (χ0n) is 14.1. The van der Waals surface area contributed by atoms with Gasteiger partial charge >= 0.3 is 0 Å². The van der Waals surface area contributed by atoms with E-state index in [-0.39, 0.29) is 18.1 Å². The number of halogens is 1. The molecule has 1 aromatic heterocycles. The number of hydrogen-bond acceptors (Lipinski definition) is 4. The van der Waals surface area contributed by atoms with E-state index in [0.29, 0.717) is 6.42 Å². The van der Waals surface area contributed by atoms with Gasteiger partial charge in [-0.3, -0.25) is 4.79 Å². The lowest BCUT2D eigenvalue weighted by Crippen LogP contribution is -2.30. The van der Waals surface area contributed by atoms with E-state index in [9.17, 15) is 9.18 Å². The van der Waals surface area contributed by atoms with Crippen molar-refractivity contribution in [2.45, 2.75) is 33.2 Å². The Hall–Kier alpha value is -2.50. The zero-order valence-corrected chi connectivity index (χ0v) is 14.1. The molecule has 1 aromatic carbocycles. The van der Waals surface area contributed by atoms with Crippen LogP contribution in [0, 0.1) is 11.2 Å². The second-order valence-corrected chi connectivity index (χ2v) is 6.45. The van der Waals surface area contributed by atoms with Crippen LogP contribution < -0.4 is 4.74 Å². The van der Waals surface area contributed by atoms with Crippen molar-refractivity contribution >= 4 is 5.78 Å². The van der Waals surface area contributed by atoms with E-state index in [1.54, 1.807) is 29.0 Å². The highest BCUT2D eigenvalue weighted by atomic mass is 19.1. The number of Topliss-reactive ketones (excluding diaryl/α,β-unsaturated/α-hetero) is 1. The van der Waals surface area contributed by atoms with Gasteiger partial charge in [-0.25, -0.2) is 14.1 Å². The number of benzene rings is 1. The van der Waals surface area contributed by atoms with E-state index in [2.05, 4.69) is 10.1 Å². The van der Waals surface area contributed by atoms with Gasteiger partial charge in [0.15, 0.2) is 17.3 Å². The van der Waals surface area contributed by atoms with E-state index in [1.807, 2.05) is 26.8 Å². The lowest BCUT2D eigenvalue weighted by molar-refractivity contribution is -0.129. The lowest BCUT2D eigenvalue weighted by atomic mass is 9.85. The van der Waals surface area contributed by atoms with Gasteiger partial charge in [-0.1, -0.05) is 45.1 Å². The average molecular weight is 331 g/mol. The number of aromatic nitrogens is 3. The molecule has 2 aromatic rings. The van der Waals surface area contributed by atoms with E-state index in [1.165, 1.54) is 18.7 Å². The first-order valence-electron chi connectivity index (χ1n) is 7.80. The summed E-state index contributed by atoms with van der Waals surface area (Å²) in [4.78, 5) is 16.5. The summed E-state index contributed by atoms with van der Waals surface area (Å²) in [5.74, 6) is -0.109. The molecule has 6 heteroatoms. The standard InChI is InChI=1S/C18H22FN3O2/c1-18(2,3)17(23)15(22-13-20-12-21-22)9-6-7-11-24-16-10-5-4-8-14(16)19/h4-8,10,12-13,15H,9,11H2,1-3H3/b7-6+. The van der Waals surface area contributed by atoms with Gasteiger partial charge in [-0.2, -0.15) is 5.10 Å². The van der Waals surface area contributed by atoms with Crippen molar-refractivity contribution < 1.29 is 13.9 Å². The Kier molecular flexibility index (Phi) is 5.84. The SMILES string of the molecule is CC(C)(C)C(=O)C(C/C=C/COc1ccccc1F)n1cncn1. The largest absolute Gasteiger partial charge is 0.486 e. The van der Waals surface area contributed by atoms with Gasteiger partial charge in [0.05, 0.1) is 0 Å². The molecular formula is C18H22FN3O2. The second-order valence-electron chi connectivity index (χ2n) is 6.45. The Bertz CT molecular complexity index is 691. The Morgan fingerprint density at radius 1 is 1.33 bits per heavy atom. The molecule has 24 heavy (non-hydrogen) atoms. The summed E-state index contributed by atoms with van der Waals surface area (Å²) < 4.78 is 20.4. The Morgan fingerprint density at radius 2 is 2.08 bits per heavy atom. The smallest absolute Gasteiger partial charge is 0.165 e. The predicted octanol–water partition coefficient (Wildman–Crippen LogP) is 3.60. The van der Waals surface area contributed by atoms with Crippen molar-refractivity contribution in [3.63, 3.8) is 0 Å². The lowest BCUT2D eigenvalue weighted by Gasteiger charge is -2.23. The summed E-state index contributed by atoms with van der Waals surface area (Å²) >= 11 is 0. The number of ketones is 1. The van der Waals surface area contributed by atoms with Crippen LogP contribution in [-0.4, -0.2) is 27.2 Å². The number of nitrogens with zero attached hydrogens (tertiary/aromatic N) is 3. The molecule has 1 unspecified atom stereocenters. The molecular weight excluding hydrogens is 309 g/mol. The maximum absolute atomic E-state index is 13.4. The molecule has 5 nitrogen and oxygen atoms in total. The van der Waals surface area contributed by atoms with E-state index < -0.39 is 17.3 Å². The monoisotopic (exact) mass is 331 g/mol. The molecule has 0 N–H and O–H groups in total. The molecule has 0 bridgehead atoms. The van der Waals surface area contributed by atoms with Gasteiger partial charge in [-0.15, -0.1) is 0 Å². The topological polar surface area (TPSA) is 57.0 Å². The van der Waals surface area contributed by atoms with Crippen molar-refractivity contribution in [1.82, 2.24) is 14.8 Å². The fraction of sp³-hybridized carbons (Fsp3) is 0.389. The molecule has 0 saturated carbocycles. The second kappa shape index (κ2) is 7.86. The minimum absolute atomic E-state index is 0.0765. The van der Waals surface area contributed by atoms with Gasteiger partial charge in [0.25, 0.3) is 0 Å². The van der Waals surface area contributed by atoms with Crippen LogP contribution in [0.25, 0.3) is 0 Å². The summed E-state index contributed by atoms with van der Waals surface area (Å²) in [7, 11) is 0. The Labute approximate surface area is 141 Å². The van der Waals surface area contributed by atoms with Gasteiger partial charge in [0.2, 0.25) is 0 Å². The molecule has 128 valence electrons. The van der Waals surface area contributed by atoms with Crippen LogP contribution in [-0.2, 0) is 4.79 Å². The minimum atomic E-state index is -0.478. The predicted molar refractivity (Wildman–Crippen MR) is 89.2 cm³/mol. The summed E-state index contributed by atoms with van der Waals surface area (Å²) in [5.41, 5.74) is -0.478. The van der Waals surface area contributed by atoms with E-state index >= 15 is 0 Å². The number of para-hydroxylation sites is 1. The van der Waals surface area contributed by atoms with Crippen molar-refractivity contribution in [3.8, 4) is 5.75 Å². The molecule has 1 atom stereocenters. The van der Waals surface area contributed by atoms with E-state index in [0.717, 1.165) is 0 Å². The van der Waals surface area contributed by atoms with Gasteiger partial charge < -0.3 is 4.74 Å². The maximum Gasteiger partial charge on any atom is 0.165 e. The Balaban J connectivity index is 1.95. The van der Waals surface area contributed by atoms with Crippen molar-refractivity contribution in [1.29, 1.82) is 0 Å². The zero-order chi connectivity index (χ0) is 17.6. The number of rotatable bonds is 7. The van der Waals surface area contributed by atoms with Gasteiger partial charge in [-0.05, 0) is 18.6 Å². The van der Waals surface area contributed by atoms with Crippen LogP contribution in [0.3, 0.4) is 0 Å². The number of ether oxygens (including phenoxy) is 1. The molecule has 0 aliphatic heterocycles. The quantitative estimate of drug-likeness (QED) is 0.728. The van der Waals surface area contributed by atoms with Crippen LogP contribution in [0.5, 0.6) is 5.75 Å². The highest BCUT2D eigenvalue weighted by Gasteiger charge is 2.30. The first kappa shape index (κ1) is 17.8. The minimum Gasteiger partial charge on any atom is -0.486 e. The average Bonchev–Trinajstić information content (AvgIpc) is 3.05. The van der Waals surface area contributed by atoms with Gasteiger partial charge in [0.1, 0.15) is 25.3 Å². The fourth-order valence-electron chi connectivity index (χ4n) is 2.21. The molecule has 0 aliphatic carbocycles. The van der Waals surface area contributed by atoms with Crippen molar-refractivity contribution in [2.24, 2.45) is 5.41 Å². The molecule has 1 heterocycles. The van der Waals surface area contributed by atoms with Crippen LogP contribution in [0.2, 0.25) is 0 Å². The number of carbonyl (C=O) groups is 1. The van der Waals surface area contributed by atoms with Crippen LogP contribution >= 0.6 is 0 Å². The maximum atomic E-state index is 13.4. The normalized spacial score (nSPS) is 13.2. The number of allylic oxidation sites excluding steroid dienone is 1. The third-order valence-electron chi connectivity index (χ3n) is 3.50.